The van der Waals surface area contributed by atoms with E-state index >= 15 is 0 Å². The van der Waals surface area contributed by atoms with Gasteiger partial charge in [0.25, 0.3) is 0 Å². The van der Waals surface area contributed by atoms with E-state index in [0.717, 1.165) is 23.5 Å². The van der Waals surface area contributed by atoms with Gasteiger partial charge in [0.2, 0.25) is 5.91 Å². The number of hydrogen-bond donors (Lipinski definition) is 0. The molecular formula is C17H9ClF4N2OS2. The maximum atomic E-state index is 14.3. The maximum absolute atomic E-state index is 14.3. The van der Waals surface area contributed by atoms with E-state index in [-0.39, 0.29) is 27.4 Å². The largest absolute Gasteiger partial charge is 0.416 e. The van der Waals surface area contributed by atoms with Gasteiger partial charge in [0.1, 0.15) is 11.2 Å². The summed E-state index contributed by atoms with van der Waals surface area (Å²) in [6.07, 6.45) is -4.47. The number of fused-ring (bicyclic) bond motifs is 1. The van der Waals surface area contributed by atoms with Gasteiger partial charge in [0.15, 0.2) is 5.13 Å². The number of benzene rings is 2. The van der Waals surface area contributed by atoms with Crippen molar-refractivity contribution in [2.45, 2.75) is 11.6 Å². The minimum Gasteiger partial charge on any atom is -0.273 e. The van der Waals surface area contributed by atoms with Gasteiger partial charge in [-0.3, -0.25) is 9.69 Å². The molecule has 4 rings (SSSR count). The van der Waals surface area contributed by atoms with Gasteiger partial charge in [-0.25, -0.2) is 9.37 Å². The molecule has 0 spiro atoms. The van der Waals surface area contributed by atoms with Crippen LogP contribution in [0.25, 0.3) is 10.2 Å². The number of thiazole rings is 1. The topological polar surface area (TPSA) is 33.2 Å². The van der Waals surface area contributed by atoms with Crippen LogP contribution in [0.5, 0.6) is 0 Å². The second-order valence-corrected chi connectivity index (χ2v) is 8.22. The van der Waals surface area contributed by atoms with Crippen LogP contribution < -0.4 is 4.90 Å². The van der Waals surface area contributed by atoms with Crippen molar-refractivity contribution < 1.29 is 22.4 Å². The maximum Gasteiger partial charge on any atom is 0.416 e. The Morgan fingerprint density at radius 1 is 1.22 bits per heavy atom. The number of rotatable bonds is 2. The minimum absolute atomic E-state index is 0.0963. The van der Waals surface area contributed by atoms with Gasteiger partial charge >= 0.3 is 6.18 Å². The number of carbonyl (C=O) groups excluding carboxylic acids is 1. The van der Waals surface area contributed by atoms with E-state index in [4.69, 9.17) is 11.6 Å². The van der Waals surface area contributed by atoms with E-state index in [0.29, 0.717) is 10.2 Å². The summed E-state index contributed by atoms with van der Waals surface area (Å²) in [5.41, 5.74) is -0.294. The molecule has 1 saturated heterocycles. The van der Waals surface area contributed by atoms with Crippen molar-refractivity contribution in [3.63, 3.8) is 0 Å². The number of thioether (sulfide) groups is 1. The van der Waals surface area contributed by atoms with Crippen molar-refractivity contribution in [2.75, 3.05) is 10.7 Å². The molecule has 27 heavy (non-hydrogen) atoms. The first-order valence-corrected chi connectivity index (χ1v) is 9.85. The summed E-state index contributed by atoms with van der Waals surface area (Å²) >= 11 is 8.27. The zero-order valence-electron chi connectivity index (χ0n) is 13.3. The molecule has 1 atom stereocenters. The van der Waals surface area contributed by atoms with Crippen molar-refractivity contribution in [1.82, 2.24) is 4.98 Å². The van der Waals surface area contributed by atoms with Gasteiger partial charge in [-0.2, -0.15) is 13.2 Å². The highest BCUT2D eigenvalue weighted by molar-refractivity contribution is 8.00. The third kappa shape index (κ3) is 3.28. The van der Waals surface area contributed by atoms with E-state index in [9.17, 15) is 22.4 Å². The molecule has 1 aliphatic rings. The third-order valence-electron chi connectivity index (χ3n) is 4.03. The van der Waals surface area contributed by atoms with Crippen molar-refractivity contribution in [2.24, 2.45) is 0 Å². The van der Waals surface area contributed by atoms with E-state index in [1.807, 2.05) is 0 Å². The van der Waals surface area contributed by atoms with Crippen molar-refractivity contribution in [3.8, 4) is 0 Å². The van der Waals surface area contributed by atoms with Crippen LogP contribution in [0.1, 0.15) is 16.5 Å². The highest BCUT2D eigenvalue weighted by Crippen LogP contribution is 2.47. The molecule has 0 saturated carbocycles. The fraction of sp³-hybridized carbons (Fsp3) is 0.176. The van der Waals surface area contributed by atoms with Crippen molar-refractivity contribution in [1.29, 1.82) is 0 Å². The zero-order chi connectivity index (χ0) is 19.3. The summed E-state index contributed by atoms with van der Waals surface area (Å²) in [6, 6.07) is 7.43. The summed E-state index contributed by atoms with van der Waals surface area (Å²) in [7, 11) is 0. The summed E-state index contributed by atoms with van der Waals surface area (Å²) < 4.78 is 53.4. The Morgan fingerprint density at radius 3 is 2.70 bits per heavy atom. The number of alkyl halides is 3. The molecule has 1 fully saturated rings. The molecule has 2 aromatic carbocycles. The standard InChI is InChI=1S/C17H9ClF4N2OS2/c18-9-2-1-3-10(19)14(9)15-24(13(25)7-26-15)16-23-11-5-4-8(17(20,21)22)6-12(11)27-16/h1-6,15H,7H2. The number of anilines is 1. The molecule has 0 aliphatic carbocycles. The lowest BCUT2D eigenvalue weighted by Crippen LogP contribution is -2.28. The van der Waals surface area contributed by atoms with Gasteiger partial charge < -0.3 is 0 Å². The van der Waals surface area contributed by atoms with Crippen molar-refractivity contribution >= 4 is 56.0 Å². The van der Waals surface area contributed by atoms with Gasteiger partial charge in [-0.15, -0.1) is 11.8 Å². The molecule has 0 radical (unpaired) electrons. The highest BCUT2D eigenvalue weighted by atomic mass is 35.5. The summed E-state index contributed by atoms with van der Waals surface area (Å²) in [4.78, 5) is 18.0. The molecule has 0 N–H and O–H groups in total. The molecule has 3 nitrogen and oxygen atoms in total. The van der Waals surface area contributed by atoms with Crippen LogP contribution >= 0.6 is 34.7 Å². The van der Waals surface area contributed by atoms with E-state index < -0.39 is 22.9 Å². The number of halogens is 5. The third-order valence-corrected chi connectivity index (χ3v) is 6.55. The number of amides is 1. The predicted molar refractivity (Wildman–Crippen MR) is 98.7 cm³/mol. The van der Waals surface area contributed by atoms with Crippen LogP contribution in [-0.2, 0) is 11.0 Å². The van der Waals surface area contributed by atoms with Crippen LogP contribution in [0, 0.1) is 5.82 Å². The van der Waals surface area contributed by atoms with E-state index in [1.165, 1.54) is 40.9 Å². The van der Waals surface area contributed by atoms with Gasteiger partial charge in [-0.05, 0) is 30.3 Å². The molecule has 140 valence electrons. The number of hydrogen-bond acceptors (Lipinski definition) is 4. The Balaban J connectivity index is 1.79. The Hall–Kier alpha value is -1.84. The lowest BCUT2D eigenvalue weighted by molar-refractivity contribution is -0.137. The number of carbonyl (C=O) groups is 1. The normalized spacial score (nSPS) is 17.9. The van der Waals surface area contributed by atoms with E-state index in [2.05, 4.69) is 4.98 Å². The first-order chi connectivity index (χ1) is 12.8. The van der Waals surface area contributed by atoms with Gasteiger partial charge in [0, 0.05) is 10.6 Å². The van der Waals surface area contributed by atoms with E-state index in [1.54, 1.807) is 0 Å². The molecule has 3 aromatic rings. The Kier molecular flexibility index (Phi) is 4.56. The molecule has 1 aromatic heterocycles. The van der Waals surface area contributed by atoms with Gasteiger partial charge in [-0.1, -0.05) is 29.0 Å². The second-order valence-electron chi connectivity index (χ2n) is 5.74. The molecule has 2 heterocycles. The lowest BCUT2D eigenvalue weighted by atomic mass is 10.2. The average Bonchev–Trinajstić information content (AvgIpc) is 3.16. The SMILES string of the molecule is O=C1CSC(c2c(F)cccc2Cl)N1c1nc2ccc(C(F)(F)F)cc2s1. The fourth-order valence-electron chi connectivity index (χ4n) is 2.78. The first-order valence-electron chi connectivity index (χ1n) is 7.61. The van der Waals surface area contributed by atoms with Crippen molar-refractivity contribution in [3.05, 3.63) is 58.4 Å². The highest BCUT2D eigenvalue weighted by Gasteiger charge is 2.39. The Bertz CT molecular complexity index is 1030. The first kappa shape index (κ1) is 18.5. The quantitative estimate of drug-likeness (QED) is 0.474. The number of aromatic nitrogens is 1. The zero-order valence-corrected chi connectivity index (χ0v) is 15.6. The molecule has 1 unspecified atom stereocenters. The Labute approximate surface area is 163 Å². The van der Waals surface area contributed by atoms with Crippen LogP contribution in [0.15, 0.2) is 36.4 Å². The predicted octanol–water partition coefficient (Wildman–Crippen LogP) is 5.89. The summed E-state index contributed by atoms with van der Waals surface area (Å²) in [5, 5.41) is -0.342. The van der Waals surface area contributed by atoms with Crippen LogP contribution in [-0.4, -0.2) is 16.6 Å². The second kappa shape index (κ2) is 6.65. The summed E-state index contributed by atoms with van der Waals surface area (Å²) in [6.45, 7) is 0. The average molecular weight is 433 g/mol. The summed E-state index contributed by atoms with van der Waals surface area (Å²) in [5.74, 6) is -0.765. The monoisotopic (exact) mass is 432 g/mol. The van der Waals surface area contributed by atoms with Crippen LogP contribution in [0.4, 0.5) is 22.7 Å². The molecule has 1 amide bonds. The molecular weight excluding hydrogens is 424 g/mol. The smallest absolute Gasteiger partial charge is 0.273 e. The van der Waals surface area contributed by atoms with Crippen LogP contribution in [0.3, 0.4) is 0 Å². The van der Waals surface area contributed by atoms with Gasteiger partial charge in [0.05, 0.1) is 21.5 Å². The van der Waals surface area contributed by atoms with Crippen LogP contribution in [0.2, 0.25) is 5.02 Å². The Morgan fingerprint density at radius 2 is 2.00 bits per heavy atom. The molecule has 0 bridgehead atoms. The minimum atomic E-state index is -4.47. The fourth-order valence-corrected chi connectivity index (χ4v) is 5.44. The lowest BCUT2D eigenvalue weighted by Gasteiger charge is -2.22. The number of nitrogens with zero attached hydrogens (tertiary/aromatic N) is 2. The molecule has 1 aliphatic heterocycles. The molecule has 10 heteroatoms.